The third-order valence-electron chi connectivity index (χ3n) is 13.4. The number of nitrogens with zero attached hydrogens (tertiary/aromatic N) is 5. The summed E-state index contributed by atoms with van der Waals surface area (Å²) in [6.45, 7) is 10.2. The fourth-order valence-corrected chi connectivity index (χ4v) is 10.3. The Hall–Kier alpha value is -4.59. The summed E-state index contributed by atoms with van der Waals surface area (Å²) in [5.74, 6) is 0.811. The van der Waals surface area contributed by atoms with E-state index in [-0.39, 0.29) is 29.2 Å². The lowest BCUT2D eigenvalue weighted by Crippen LogP contribution is -2.47. The van der Waals surface area contributed by atoms with Crippen molar-refractivity contribution in [1.29, 1.82) is 5.26 Å². The number of anilines is 3. The van der Waals surface area contributed by atoms with Gasteiger partial charge in [-0.25, -0.2) is 0 Å². The highest BCUT2D eigenvalue weighted by molar-refractivity contribution is 6.32. The van der Waals surface area contributed by atoms with Gasteiger partial charge in [0, 0.05) is 74.4 Å². The van der Waals surface area contributed by atoms with Gasteiger partial charge in [0.1, 0.15) is 12.1 Å². The first-order valence-electron chi connectivity index (χ1n) is 20.7. The second kappa shape index (κ2) is 16.5. The summed E-state index contributed by atoms with van der Waals surface area (Å²) in [4.78, 5) is 46.9. The Labute approximate surface area is 336 Å². The van der Waals surface area contributed by atoms with Crippen molar-refractivity contribution >= 4 is 46.4 Å². The van der Waals surface area contributed by atoms with Gasteiger partial charge in [0.2, 0.25) is 11.8 Å². The van der Waals surface area contributed by atoms with Gasteiger partial charge in [-0.05, 0) is 149 Å². The standard InChI is InChI=1S/C45H54ClN7O3/c1-31-27-45(30-53(31)39-10-7-36(28-47)40(46)26-39)17-23-51(24-18-45)38-8-5-34(6-9-38)44(56)52-21-13-32(14-22-52)29-50-19-15-33(16-20-50)35-3-2-4-37(25-35)48-41-11-12-42(54)49-43(41)55/h2-10,25-26,31-33,41,48H,11-24,27,29-30H2,1H3,(H,49,54,55)/t31-,41+/m1/s1. The Morgan fingerprint density at radius 3 is 2.34 bits per heavy atom. The van der Waals surface area contributed by atoms with Crippen LogP contribution in [0.4, 0.5) is 17.1 Å². The minimum atomic E-state index is -0.371. The topological polar surface area (TPSA) is 112 Å². The smallest absolute Gasteiger partial charge is 0.253 e. The predicted molar refractivity (Wildman–Crippen MR) is 221 cm³/mol. The summed E-state index contributed by atoms with van der Waals surface area (Å²) < 4.78 is 0. The van der Waals surface area contributed by atoms with Gasteiger partial charge in [0.25, 0.3) is 5.91 Å². The molecule has 3 aromatic carbocycles. The van der Waals surface area contributed by atoms with Crippen LogP contribution in [0.5, 0.6) is 0 Å². The fraction of sp³-hybridized carbons (Fsp3) is 0.511. The molecule has 0 radical (unpaired) electrons. The van der Waals surface area contributed by atoms with E-state index in [4.69, 9.17) is 11.6 Å². The van der Waals surface area contributed by atoms with Crippen LogP contribution in [0.1, 0.15) is 92.1 Å². The largest absolute Gasteiger partial charge is 0.374 e. The van der Waals surface area contributed by atoms with Gasteiger partial charge in [-0.2, -0.15) is 5.26 Å². The predicted octanol–water partition coefficient (Wildman–Crippen LogP) is 7.05. The molecular weight excluding hydrogens is 722 g/mol. The number of halogens is 1. The number of hydrogen-bond acceptors (Lipinski definition) is 8. The van der Waals surface area contributed by atoms with Crippen LogP contribution in [0.15, 0.2) is 66.7 Å². The van der Waals surface area contributed by atoms with E-state index in [1.165, 1.54) is 11.3 Å². The van der Waals surface area contributed by atoms with Crippen LogP contribution in [0, 0.1) is 22.7 Å². The van der Waals surface area contributed by atoms with Gasteiger partial charge in [0.05, 0.1) is 10.6 Å². The number of likely N-dealkylation sites (tertiary alicyclic amines) is 2. The molecule has 5 aliphatic rings. The summed E-state index contributed by atoms with van der Waals surface area (Å²) in [6, 6.07) is 24.8. The number of benzene rings is 3. The average molecular weight is 776 g/mol. The third kappa shape index (κ3) is 8.40. The Kier molecular flexibility index (Phi) is 11.3. The van der Waals surface area contributed by atoms with E-state index in [2.05, 4.69) is 68.7 Å². The van der Waals surface area contributed by atoms with Crippen LogP contribution in [0.2, 0.25) is 5.02 Å². The van der Waals surface area contributed by atoms with Gasteiger partial charge in [-0.15, -0.1) is 0 Å². The summed E-state index contributed by atoms with van der Waals surface area (Å²) in [5, 5.41) is 15.6. The molecule has 0 aliphatic carbocycles. The molecule has 5 saturated heterocycles. The monoisotopic (exact) mass is 775 g/mol. The molecule has 2 N–H and O–H groups in total. The van der Waals surface area contributed by atoms with Crippen LogP contribution >= 0.6 is 11.6 Å². The molecule has 1 spiro atoms. The number of carbonyl (C=O) groups excluding carboxylic acids is 3. The van der Waals surface area contributed by atoms with Crippen LogP contribution in [-0.4, -0.2) is 92.0 Å². The molecule has 3 amide bonds. The van der Waals surface area contributed by atoms with Crippen LogP contribution < -0.4 is 20.4 Å². The Bertz CT molecular complexity index is 1960. The molecule has 0 bridgehead atoms. The Balaban J connectivity index is 0.762. The minimum absolute atomic E-state index is 0.144. The van der Waals surface area contributed by atoms with Crippen molar-refractivity contribution in [2.45, 2.75) is 82.7 Å². The first-order chi connectivity index (χ1) is 27.1. The van der Waals surface area contributed by atoms with Crippen molar-refractivity contribution in [2.24, 2.45) is 11.3 Å². The molecule has 0 aromatic heterocycles. The molecule has 5 aliphatic heterocycles. The van der Waals surface area contributed by atoms with E-state index < -0.39 is 0 Å². The molecule has 2 atom stereocenters. The van der Waals surface area contributed by atoms with Gasteiger partial charge >= 0.3 is 0 Å². The van der Waals surface area contributed by atoms with Crippen LogP contribution in [0.25, 0.3) is 0 Å². The van der Waals surface area contributed by atoms with Gasteiger partial charge in [0.15, 0.2) is 0 Å². The maximum atomic E-state index is 13.6. The molecule has 294 valence electrons. The lowest BCUT2D eigenvalue weighted by atomic mass is 9.76. The van der Waals surface area contributed by atoms with Crippen molar-refractivity contribution < 1.29 is 14.4 Å². The zero-order valence-electron chi connectivity index (χ0n) is 32.5. The summed E-state index contributed by atoms with van der Waals surface area (Å²) in [7, 11) is 0. The number of nitrogens with one attached hydrogen (secondary N) is 2. The van der Waals surface area contributed by atoms with Crippen LogP contribution in [-0.2, 0) is 9.59 Å². The van der Waals surface area contributed by atoms with Gasteiger partial charge < -0.3 is 24.9 Å². The number of nitriles is 1. The van der Waals surface area contributed by atoms with Gasteiger partial charge in [-0.3, -0.25) is 19.7 Å². The lowest BCUT2D eigenvalue weighted by Gasteiger charge is -2.40. The highest BCUT2D eigenvalue weighted by Crippen LogP contribution is 2.46. The zero-order chi connectivity index (χ0) is 38.8. The van der Waals surface area contributed by atoms with Crippen molar-refractivity contribution in [1.82, 2.24) is 15.1 Å². The first-order valence-corrected chi connectivity index (χ1v) is 21.1. The number of rotatable bonds is 8. The first kappa shape index (κ1) is 38.3. The van der Waals surface area contributed by atoms with Crippen molar-refractivity contribution in [2.75, 3.05) is 67.5 Å². The lowest BCUT2D eigenvalue weighted by molar-refractivity contribution is -0.133. The van der Waals surface area contributed by atoms with Crippen molar-refractivity contribution in [3.05, 3.63) is 88.4 Å². The normalized spacial score (nSPS) is 23.6. The average Bonchev–Trinajstić information content (AvgIpc) is 3.54. The maximum Gasteiger partial charge on any atom is 0.253 e. The Morgan fingerprint density at radius 2 is 1.64 bits per heavy atom. The quantitative estimate of drug-likeness (QED) is 0.235. The molecule has 11 heteroatoms. The fourth-order valence-electron chi connectivity index (χ4n) is 10.1. The minimum Gasteiger partial charge on any atom is -0.374 e. The molecule has 5 heterocycles. The maximum absolute atomic E-state index is 13.6. The summed E-state index contributed by atoms with van der Waals surface area (Å²) in [5.41, 5.74) is 6.12. The SMILES string of the molecule is C[C@@H]1CC2(CCN(c3ccc(C(=O)N4CCC(CN5CCC(c6cccc(N[C@H]7CCC(=O)NC7=O)c6)CC5)CC4)cc3)CC2)CN1c1ccc(C#N)c(Cl)c1. The van der Waals surface area contributed by atoms with E-state index in [0.717, 1.165) is 114 Å². The van der Waals surface area contributed by atoms with E-state index in [1.807, 2.05) is 41.3 Å². The number of amides is 3. The second-order valence-corrected chi connectivity index (χ2v) is 17.5. The summed E-state index contributed by atoms with van der Waals surface area (Å²) >= 11 is 6.38. The zero-order valence-corrected chi connectivity index (χ0v) is 33.3. The second-order valence-electron chi connectivity index (χ2n) is 17.1. The highest BCUT2D eigenvalue weighted by atomic mass is 35.5. The molecule has 0 unspecified atom stereocenters. The van der Waals surface area contributed by atoms with Crippen molar-refractivity contribution in [3.8, 4) is 6.07 Å². The molecule has 0 saturated carbocycles. The highest BCUT2D eigenvalue weighted by Gasteiger charge is 2.44. The summed E-state index contributed by atoms with van der Waals surface area (Å²) in [6.07, 6.45) is 8.62. The van der Waals surface area contributed by atoms with Crippen LogP contribution in [0.3, 0.4) is 0 Å². The Morgan fingerprint density at radius 1 is 0.911 bits per heavy atom. The number of hydrogen-bond donors (Lipinski definition) is 2. The molecule has 3 aromatic rings. The number of imide groups is 1. The molecule has 8 rings (SSSR count). The number of piperidine rings is 4. The van der Waals surface area contributed by atoms with E-state index in [1.54, 1.807) is 0 Å². The molecule has 5 fully saturated rings. The van der Waals surface area contributed by atoms with E-state index in [9.17, 15) is 19.6 Å². The van der Waals surface area contributed by atoms with E-state index in [0.29, 0.717) is 41.3 Å². The van der Waals surface area contributed by atoms with Crippen molar-refractivity contribution in [3.63, 3.8) is 0 Å². The molecule has 56 heavy (non-hydrogen) atoms. The molecule has 10 nitrogen and oxygen atoms in total. The number of carbonyl (C=O) groups is 3. The van der Waals surface area contributed by atoms with Gasteiger partial charge in [-0.1, -0.05) is 23.7 Å². The third-order valence-corrected chi connectivity index (χ3v) is 13.7. The van der Waals surface area contributed by atoms with E-state index >= 15 is 0 Å². The molecular formula is C45H54ClN7O3.